The molecule has 0 bridgehead atoms. The maximum absolute atomic E-state index is 11.3. The Balaban J connectivity index is 2.29. The largest absolute Gasteiger partial charge is 0.493 e. The number of furan rings is 1. The van der Waals surface area contributed by atoms with E-state index in [2.05, 4.69) is 5.32 Å². The number of para-hydroxylation sites is 1. The van der Waals surface area contributed by atoms with E-state index < -0.39 is 0 Å². The van der Waals surface area contributed by atoms with Gasteiger partial charge in [0.15, 0.2) is 11.3 Å². The zero-order valence-corrected chi connectivity index (χ0v) is 8.87. The number of rotatable bonds is 1. The van der Waals surface area contributed by atoms with Gasteiger partial charge in [0.1, 0.15) is 5.76 Å². The van der Waals surface area contributed by atoms with Crippen LogP contribution >= 0.6 is 0 Å². The van der Waals surface area contributed by atoms with E-state index in [1.54, 1.807) is 7.11 Å². The van der Waals surface area contributed by atoms with E-state index in [1.165, 1.54) is 0 Å². The van der Waals surface area contributed by atoms with Gasteiger partial charge in [-0.1, -0.05) is 6.07 Å². The number of aryl methyl sites for hydroxylation is 1. The van der Waals surface area contributed by atoms with Crippen molar-refractivity contribution in [3.8, 4) is 5.75 Å². The topological polar surface area (TPSA) is 51.5 Å². The first-order valence-corrected chi connectivity index (χ1v) is 5.18. The number of hydrogen-bond donors (Lipinski definition) is 1. The van der Waals surface area contributed by atoms with Crippen LogP contribution in [0.3, 0.4) is 0 Å². The van der Waals surface area contributed by atoms with Gasteiger partial charge in [0, 0.05) is 18.2 Å². The summed E-state index contributed by atoms with van der Waals surface area (Å²) in [5.41, 5.74) is 1.50. The molecule has 4 heteroatoms. The Morgan fingerprint density at radius 2 is 2.25 bits per heavy atom. The van der Waals surface area contributed by atoms with E-state index in [1.807, 2.05) is 18.2 Å². The van der Waals surface area contributed by atoms with Gasteiger partial charge in [-0.25, -0.2) is 0 Å². The van der Waals surface area contributed by atoms with Crippen LogP contribution in [0, 0.1) is 0 Å². The summed E-state index contributed by atoms with van der Waals surface area (Å²) >= 11 is 0. The first-order valence-electron chi connectivity index (χ1n) is 5.18. The van der Waals surface area contributed by atoms with Crippen molar-refractivity contribution in [1.29, 1.82) is 0 Å². The molecule has 1 aliphatic heterocycles. The number of carbonyl (C=O) groups is 1. The van der Waals surface area contributed by atoms with E-state index >= 15 is 0 Å². The van der Waals surface area contributed by atoms with Crippen molar-refractivity contribution in [3.05, 3.63) is 24.0 Å². The number of ether oxygens (including phenoxy) is 1. The lowest BCUT2D eigenvalue weighted by molar-refractivity contribution is -0.116. The number of fused-ring (bicyclic) bond motifs is 3. The van der Waals surface area contributed by atoms with Gasteiger partial charge in [-0.15, -0.1) is 0 Å². The van der Waals surface area contributed by atoms with Crippen LogP contribution in [-0.4, -0.2) is 13.0 Å². The highest BCUT2D eigenvalue weighted by atomic mass is 16.5. The van der Waals surface area contributed by atoms with Gasteiger partial charge in [0.05, 0.1) is 12.8 Å². The average Bonchev–Trinajstić information content (AvgIpc) is 2.67. The molecule has 0 fully saturated rings. The molecule has 4 nitrogen and oxygen atoms in total. The van der Waals surface area contributed by atoms with Crippen molar-refractivity contribution < 1.29 is 13.9 Å². The fourth-order valence-electron chi connectivity index (χ4n) is 2.05. The number of hydrogen-bond acceptors (Lipinski definition) is 3. The zero-order valence-electron chi connectivity index (χ0n) is 8.87. The molecule has 1 aromatic heterocycles. The Labute approximate surface area is 92.2 Å². The van der Waals surface area contributed by atoms with Gasteiger partial charge in [-0.3, -0.25) is 4.79 Å². The highest BCUT2D eigenvalue weighted by Crippen LogP contribution is 2.38. The first kappa shape index (κ1) is 9.27. The monoisotopic (exact) mass is 217 g/mol. The van der Waals surface area contributed by atoms with Gasteiger partial charge in [0.25, 0.3) is 0 Å². The van der Waals surface area contributed by atoms with Crippen LogP contribution in [0.15, 0.2) is 22.6 Å². The molecule has 0 atom stereocenters. The molecule has 0 spiro atoms. The van der Waals surface area contributed by atoms with Gasteiger partial charge in [0.2, 0.25) is 5.91 Å². The Bertz CT molecular complexity index is 571. The third-order valence-electron chi connectivity index (χ3n) is 2.82. The molecule has 0 saturated carbocycles. The van der Waals surface area contributed by atoms with Crippen molar-refractivity contribution >= 4 is 22.6 Å². The first-order chi connectivity index (χ1) is 7.79. The lowest BCUT2D eigenvalue weighted by Gasteiger charge is -2.10. The summed E-state index contributed by atoms with van der Waals surface area (Å²) in [6.07, 6.45) is 1.13. The lowest BCUT2D eigenvalue weighted by atomic mass is 10.1. The zero-order chi connectivity index (χ0) is 11.1. The molecule has 2 aromatic rings. The molecule has 1 amide bonds. The summed E-state index contributed by atoms with van der Waals surface area (Å²) < 4.78 is 10.9. The minimum atomic E-state index is 0.0398. The minimum Gasteiger partial charge on any atom is -0.493 e. The van der Waals surface area contributed by atoms with Crippen molar-refractivity contribution in [1.82, 2.24) is 0 Å². The molecule has 0 unspecified atom stereocenters. The van der Waals surface area contributed by atoms with Crippen LogP contribution in [0.25, 0.3) is 11.0 Å². The fraction of sp³-hybridized carbons (Fsp3) is 0.250. The Morgan fingerprint density at radius 1 is 1.38 bits per heavy atom. The van der Waals surface area contributed by atoms with Crippen LogP contribution in [0.4, 0.5) is 5.69 Å². The molecule has 1 aromatic carbocycles. The number of methoxy groups -OCH3 is 1. The molecule has 82 valence electrons. The second-order valence-corrected chi connectivity index (χ2v) is 3.79. The van der Waals surface area contributed by atoms with Gasteiger partial charge < -0.3 is 14.5 Å². The summed E-state index contributed by atoms with van der Waals surface area (Å²) in [5, 5.41) is 3.75. The smallest absolute Gasteiger partial charge is 0.224 e. The number of carbonyl (C=O) groups excluding carboxylic acids is 1. The maximum atomic E-state index is 11.3. The Morgan fingerprint density at radius 3 is 3.06 bits per heavy atom. The van der Waals surface area contributed by atoms with E-state index in [0.717, 1.165) is 16.8 Å². The van der Waals surface area contributed by atoms with Crippen LogP contribution in [0.2, 0.25) is 0 Å². The van der Waals surface area contributed by atoms with Gasteiger partial charge in [-0.2, -0.15) is 0 Å². The normalized spacial score (nSPS) is 14.7. The quantitative estimate of drug-likeness (QED) is 0.797. The van der Waals surface area contributed by atoms with E-state index in [0.29, 0.717) is 24.2 Å². The molecule has 1 aliphatic rings. The molecule has 0 aliphatic carbocycles. The Hall–Kier alpha value is -1.97. The predicted molar refractivity (Wildman–Crippen MR) is 59.7 cm³/mol. The fourth-order valence-corrected chi connectivity index (χ4v) is 2.05. The van der Waals surface area contributed by atoms with Gasteiger partial charge in [-0.05, 0) is 12.1 Å². The number of anilines is 1. The second-order valence-electron chi connectivity index (χ2n) is 3.79. The molecular weight excluding hydrogens is 206 g/mol. The van der Waals surface area contributed by atoms with Crippen LogP contribution in [0.5, 0.6) is 5.75 Å². The SMILES string of the molecule is COc1cccc2c3c(oc12)CCC(=O)N3. The highest BCUT2D eigenvalue weighted by molar-refractivity contribution is 6.05. The van der Waals surface area contributed by atoms with E-state index in [4.69, 9.17) is 9.15 Å². The lowest BCUT2D eigenvalue weighted by Crippen LogP contribution is -2.17. The van der Waals surface area contributed by atoms with Crippen molar-refractivity contribution in [2.24, 2.45) is 0 Å². The number of nitrogens with one attached hydrogen (secondary N) is 1. The van der Waals surface area contributed by atoms with Gasteiger partial charge >= 0.3 is 0 Å². The molecular formula is C12H11NO3. The van der Waals surface area contributed by atoms with Crippen molar-refractivity contribution in [3.63, 3.8) is 0 Å². The molecule has 1 N–H and O–H groups in total. The number of amides is 1. The summed E-state index contributed by atoms with van der Waals surface area (Å²) in [6, 6.07) is 5.66. The van der Waals surface area contributed by atoms with Crippen molar-refractivity contribution in [2.45, 2.75) is 12.8 Å². The van der Waals surface area contributed by atoms with Crippen LogP contribution in [0.1, 0.15) is 12.2 Å². The predicted octanol–water partition coefficient (Wildman–Crippen LogP) is 2.33. The summed E-state index contributed by atoms with van der Waals surface area (Å²) in [5.74, 6) is 1.57. The summed E-state index contributed by atoms with van der Waals surface area (Å²) in [6.45, 7) is 0. The van der Waals surface area contributed by atoms with E-state index in [9.17, 15) is 4.79 Å². The third-order valence-corrected chi connectivity index (χ3v) is 2.82. The third kappa shape index (κ3) is 1.19. The second kappa shape index (κ2) is 3.27. The molecule has 0 saturated heterocycles. The molecule has 3 rings (SSSR count). The standard InChI is InChI=1S/C12H11NO3/c1-15-9-4-2-3-7-11-8(16-12(7)9)5-6-10(14)13-11/h2-4H,5-6H2,1H3,(H,13,14). The summed E-state index contributed by atoms with van der Waals surface area (Å²) in [7, 11) is 1.61. The highest BCUT2D eigenvalue weighted by Gasteiger charge is 2.23. The minimum absolute atomic E-state index is 0.0398. The van der Waals surface area contributed by atoms with Crippen LogP contribution < -0.4 is 10.1 Å². The van der Waals surface area contributed by atoms with E-state index in [-0.39, 0.29) is 5.91 Å². The Kier molecular flexibility index (Phi) is 1.89. The number of benzene rings is 1. The molecule has 0 radical (unpaired) electrons. The van der Waals surface area contributed by atoms with Crippen molar-refractivity contribution in [2.75, 3.05) is 12.4 Å². The summed E-state index contributed by atoms with van der Waals surface area (Å²) in [4.78, 5) is 11.3. The maximum Gasteiger partial charge on any atom is 0.224 e. The van der Waals surface area contributed by atoms with Crippen LogP contribution in [-0.2, 0) is 11.2 Å². The molecule has 2 heterocycles. The molecule has 16 heavy (non-hydrogen) atoms. The average molecular weight is 217 g/mol.